The van der Waals surface area contributed by atoms with Gasteiger partial charge in [-0.15, -0.1) is 0 Å². The van der Waals surface area contributed by atoms with E-state index in [0.29, 0.717) is 6.61 Å². The summed E-state index contributed by atoms with van der Waals surface area (Å²) in [6, 6.07) is -1.27. The van der Waals surface area contributed by atoms with Crippen molar-refractivity contribution < 1.29 is 19.4 Å². The van der Waals surface area contributed by atoms with Crippen LogP contribution in [0.15, 0.2) is 0 Å². The van der Waals surface area contributed by atoms with Gasteiger partial charge < -0.3 is 20.5 Å². The molecule has 3 N–H and O–H groups in total. The predicted octanol–water partition coefficient (Wildman–Crippen LogP) is 0.964. The molecule has 104 valence electrons. The number of nitrogens with one attached hydrogen (secondary N) is 2. The van der Waals surface area contributed by atoms with Gasteiger partial charge in [-0.25, -0.2) is 9.59 Å². The van der Waals surface area contributed by atoms with Gasteiger partial charge in [0.25, 0.3) is 0 Å². The molecule has 1 aliphatic carbocycles. The zero-order chi connectivity index (χ0) is 13.5. The molecule has 0 aromatic rings. The van der Waals surface area contributed by atoms with Gasteiger partial charge in [-0.3, -0.25) is 0 Å². The summed E-state index contributed by atoms with van der Waals surface area (Å²) in [6.45, 7) is 2.45. The number of carbonyl (C=O) groups excluding carboxylic acids is 1. The highest BCUT2D eigenvalue weighted by Gasteiger charge is 2.37. The number of hydrogen-bond donors (Lipinski definition) is 3. The molecule has 0 aliphatic heterocycles. The highest BCUT2D eigenvalue weighted by Crippen LogP contribution is 2.32. The number of carbonyl (C=O) groups is 2. The molecule has 18 heavy (non-hydrogen) atoms. The number of methoxy groups -OCH3 is 1. The number of rotatable bonds is 8. The Hall–Kier alpha value is -1.30. The molecule has 0 spiro atoms. The predicted molar refractivity (Wildman–Crippen MR) is 66.4 cm³/mol. The van der Waals surface area contributed by atoms with Gasteiger partial charge >= 0.3 is 12.0 Å². The first-order valence-electron chi connectivity index (χ1n) is 6.37. The van der Waals surface area contributed by atoms with Crippen LogP contribution in [-0.2, 0) is 9.53 Å². The molecule has 1 saturated carbocycles. The van der Waals surface area contributed by atoms with Gasteiger partial charge in [0, 0.05) is 7.11 Å². The third-order valence-corrected chi connectivity index (χ3v) is 2.99. The molecule has 0 aromatic carbocycles. The van der Waals surface area contributed by atoms with Crippen LogP contribution in [0.2, 0.25) is 0 Å². The van der Waals surface area contributed by atoms with Crippen molar-refractivity contribution in [2.24, 2.45) is 5.92 Å². The fourth-order valence-electron chi connectivity index (χ4n) is 1.93. The molecule has 0 bridgehead atoms. The Balaban J connectivity index is 2.40. The van der Waals surface area contributed by atoms with E-state index in [9.17, 15) is 9.59 Å². The van der Waals surface area contributed by atoms with Gasteiger partial charge in [0.15, 0.2) is 0 Å². The third-order valence-electron chi connectivity index (χ3n) is 2.99. The van der Waals surface area contributed by atoms with E-state index in [4.69, 9.17) is 9.84 Å². The maximum atomic E-state index is 11.7. The van der Waals surface area contributed by atoms with E-state index in [1.165, 1.54) is 0 Å². The Morgan fingerprint density at radius 3 is 2.50 bits per heavy atom. The zero-order valence-electron chi connectivity index (χ0n) is 10.9. The van der Waals surface area contributed by atoms with E-state index in [2.05, 4.69) is 10.6 Å². The fraction of sp³-hybridized carbons (Fsp3) is 0.833. The Bertz CT molecular complexity index is 286. The van der Waals surface area contributed by atoms with Crippen molar-refractivity contribution in [3.05, 3.63) is 0 Å². The van der Waals surface area contributed by atoms with E-state index < -0.39 is 18.0 Å². The van der Waals surface area contributed by atoms with Crippen molar-refractivity contribution in [2.75, 3.05) is 13.7 Å². The average Bonchev–Trinajstić information content (AvgIpc) is 3.10. The lowest BCUT2D eigenvalue weighted by molar-refractivity contribution is -0.139. The summed E-state index contributed by atoms with van der Waals surface area (Å²) in [7, 11) is 1.58. The maximum absolute atomic E-state index is 11.7. The van der Waals surface area contributed by atoms with Crippen LogP contribution in [0.4, 0.5) is 4.79 Å². The van der Waals surface area contributed by atoms with Crippen LogP contribution < -0.4 is 10.6 Å². The Morgan fingerprint density at radius 2 is 2.06 bits per heavy atom. The molecule has 2 amide bonds. The van der Waals surface area contributed by atoms with Crippen LogP contribution in [0.1, 0.15) is 32.6 Å². The minimum atomic E-state index is -0.966. The number of carboxylic acids is 1. The standard InChI is InChI=1S/C12H22N2O4/c1-3-4-9(7-18-2)13-12(17)14-10(11(15)16)8-5-6-8/h8-10H,3-7H2,1-2H3,(H,15,16)(H2,13,14,17). The molecule has 0 aromatic heterocycles. The highest BCUT2D eigenvalue weighted by molar-refractivity contribution is 5.83. The van der Waals surface area contributed by atoms with Gasteiger partial charge in [0.1, 0.15) is 6.04 Å². The quantitative estimate of drug-likeness (QED) is 0.605. The summed E-state index contributed by atoms with van der Waals surface area (Å²) in [5.41, 5.74) is 0. The fourth-order valence-corrected chi connectivity index (χ4v) is 1.93. The lowest BCUT2D eigenvalue weighted by Gasteiger charge is -2.20. The van der Waals surface area contributed by atoms with Crippen LogP contribution >= 0.6 is 0 Å². The van der Waals surface area contributed by atoms with Crippen molar-refractivity contribution in [3.8, 4) is 0 Å². The first-order chi connectivity index (χ1) is 8.58. The van der Waals surface area contributed by atoms with Gasteiger partial charge in [0.05, 0.1) is 12.6 Å². The minimum Gasteiger partial charge on any atom is -0.480 e. The van der Waals surface area contributed by atoms with Crippen molar-refractivity contribution in [3.63, 3.8) is 0 Å². The molecule has 0 radical (unpaired) electrons. The SMILES string of the molecule is CCCC(COC)NC(=O)NC(C(=O)O)C1CC1. The van der Waals surface area contributed by atoms with E-state index >= 15 is 0 Å². The Kier molecular flexibility index (Phi) is 5.91. The van der Waals surface area contributed by atoms with Crippen molar-refractivity contribution in [1.82, 2.24) is 10.6 Å². The molecule has 0 saturated heterocycles. The molecule has 2 unspecified atom stereocenters. The lowest BCUT2D eigenvalue weighted by atomic mass is 10.2. The van der Waals surface area contributed by atoms with Crippen LogP contribution in [0.25, 0.3) is 0 Å². The van der Waals surface area contributed by atoms with Crippen LogP contribution in [0.3, 0.4) is 0 Å². The number of carboxylic acid groups (broad SMARTS) is 1. The first kappa shape index (κ1) is 14.8. The molecule has 1 rings (SSSR count). The molecule has 2 atom stereocenters. The smallest absolute Gasteiger partial charge is 0.326 e. The number of aliphatic carboxylic acids is 1. The van der Waals surface area contributed by atoms with E-state index in [1.54, 1.807) is 7.11 Å². The number of ether oxygens (including phenoxy) is 1. The van der Waals surface area contributed by atoms with Gasteiger partial charge in [-0.05, 0) is 25.2 Å². The number of urea groups is 1. The summed E-state index contributed by atoms with van der Waals surface area (Å²) in [6.07, 6.45) is 3.48. The average molecular weight is 258 g/mol. The second kappa shape index (κ2) is 7.20. The van der Waals surface area contributed by atoms with Gasteiger partial charge in [-0.2, -0.15) is 0 Å². The van der Waals surface area contributed by atoms with Gasteiger partial charge in [0.2, 0.25) is 0 Å². The van der Waals surface area contributed by atoms with Crippen LogP contribution in [-0.4, -0.2) is 42.9 Å². The monoisotopic (exact) mass is 258 g/mol. The Labute approximate surface area is 107 Å². The van der Waals surface area contributed by atoms with Crippen molar-refractivity contribution in [2.45, 2.75) is 44.7 Å². The van der Waals surface area contributed by atoms with Crippen LogP contribution in [0.5, 0.6) is 0 Å². The zero-order valence-corrected chi connectivity index (χ0v) is 10.9. The third kappa shape index (κ3) is 4.91. The van der Waals surface area contributed by atoms with Crippen molar-refractivity contribution in [1.29, 1.82) is 0 Å². The second-order valence-electron chi connectivity index (χ2n) is 4.71. The molecular weight excluding hydrogens is 236 g/mol. The summed E-state index contributed by atoms with van der Waals surface area (Å²) >= 11 is 0. The summed E-state index contributed by atoms with van der Waals surface area (Å²) < 4.78 is 5.01. The topological polar surface area (TPSA) is 87.7 Å². The Morgan fingerprint density at radius 1 is 1.39 bits per heavy atom. The molecule has 1 aliphatic rings. The molecular formula is C12H22N2O4. The summed E-state index contributed by atoms with van der Waals surface area (Å²) in [5, 5.41) is 14.3. The van der Waals surface area contributed by atoms with E-state index in [1.807, 2.05) is 6.92 Å². The maximum Gasteiger partial charge on any atom is 0.326 e. The van der Waals surface area contributed by atoms with Gasteiger partial charge in [-0.1, -0.05) is 13.3 Å². The number of amides is 2. The molecule has 6 heteroatoms. The molecule has 0 heterocycles. The molecule has 6 nitrogen and oxygen atoms in total. The minimum absolute atomic E-state index is 0.0753. The largest absolute Gasteiger partial charge is 0.480 e. The van der Waals surface area contributed by atoms with E-state index in [-0.39, 0.29) is 12.0 Å². The van der Waals surface area contributed by atoms with Crippen LogP contribution in [0, 0.1) is 5.92 Å². The normalized spacial score (nSPS) is 17.9. The first-order valence-corrected chi connectivity index (χ1v) is 6.37. The van der Waals surface area contributed by atoms with E-state index in [0.717, 1.165) is 25.7 Å². The van der Waals surface area contributed by atoms with Crippen molar-refractivity contribution >= 4 is 12.0 Å². The lowest BCUT2D eigenvalue weighted by Crippen LogP contribution is -2.50. The summed E-state index contributed by atoms with van der Waals surface area (Å²) in [5.74, 6) is -0.883. The highest BCUT2D eigenvalue weighted by atomic mass is 16.5. The molecule has 1 fully saturated rings. The number of hydrogen-bond acceptors (Lipinski definition) is 3. The summed E-state index contributed by atoms with van der Waals surface area (Å²) in [4.78, 5) is 22.7. The second-order valence-corrected chi connectivity index (χ2v) is 4.71.